The van der Waals surface area contributed by atoms with Gasteiger partial charge in [-0.25, -0.2) is 0 Å². The number of hydrogen-bond acceptors (Lipinski definition) is 5. The molecular formula is C22H38N4O3. The topological polar surface area (TPSA) is 58.6 Å². The average Bonchev–Trinajstić information content (AvgIpc) is 2.72. The molecule has 7 heteroatoms. The van der Waals surface area contributed by atoms with Crippen LogP contribution in [0, 0.1) is 5.92 Å². The zero-order valence-electron chi connectivity index (χ0n) is 19.0. The van der Waals surface area contributed by atoms with E-state index in [2.05, 4.69) is 35.9 Å². The number of ether oxygens (including phenoxy) is 3. The summed E-state index contributed by atoms with van der Waals surface area (Å²) in [4.78, 5) is 9.64. The minimum Gasteiger partial charge on any atom is -0.493 e. The smallest absolute Gasteiger partial charge is 0.203 e. The Labute approximate surface area is 176 Å². The van der Waals surface area contributed by atoms with Crippen LogP contribution in [0.25, 0.3) is 0 Å². The second kappa shape index (κ2) is 11.8. The molecule has 0 saturated carbocycles. The summed E-state index contributed by atoms with van der Waals surface area (Å²) in [6.45, 7) is 13.2. The van der Waals surface area contributed by atoms with Gasteiger partial charge in [-0.1, -0.05) is 13.8 Å². The summed E-state index contributed by atoms with van der Waals surface area (Å²) in [5.74, 6) is 3.76. The predicted octanol–water partition coefficient (Wildman–Crippen LogP) is 2.84. The molecule has 0 aliphatic carbocycles. The standard InChI is InChI=1S/C22H38N4O3/c1-7-23-22(24-9-8-17(2)3)26-12-10-25(11-13-26)16-18-14-19(27-4)21(29-6)20(15-18)28-5/h14-15,17H,7-13,16H2,1-6H3,(H,23,24). The average molecular weight is 407 g/mol. The van der Waals surface area contributed by atoms with Crippen LogP contribution >= 0.6 is 0 Å². The van der Waals surface area contributed by atoms with Crippen molar-refractivity contribution in [1.82, 2.24) is 15.1 Å². The van der Waals surface area contributed by atoms with E-state index < -0.39 is 0 Å². The van der Waals surface area contributed by atoms with Crippen molar-refractivity contribution in [2.45, 2.75) is 33.7 Å². The fourth-order valence-corrected chi connectivity index (χ4v) is 3.46. The number of guanidine groups is 1. The molecule has 2 rings (SSSR count). The molecule has 1 saturated heterocycles. The van der Waals surface area contributed by atoms with Crippen molar-refractivity contribution in [3.63, 3.8) is 0 Å². The van der Waals surface area contributed by atoms with Crippen LogP contribution in [0.3, 0.4) is 0 Å². The van der Waals surface area contributed by atoms with Crippen LogP contribution in [0.1, 0.15) is 32.8 Å². The Morgan fingerprint density at radius 3 is 2.14 bits per heavy atom. The molecule has 164 valence electrons. The van der Waals surface area contributed by atoms with Crippen LogP contribution in [-0.4, -0.2) is 76.4 Å². The molecule has 1 heterocycles. The second-order valence-electron chi connectivity index (χ2n) is 7.71. The van der Waals surface area contributed by atoms with E-state index in [0.29, 0.717) is 23.2 Å². The van der Waals surface area contributed by atoms with Crippen LogP contribution in [0.15, 0.2) is 17.1 Å². The van der Waals surface area contributed by atoms with E-state index in [4.69, 9.17) is 19.2 Å². The van der Waals surface area contributed by atoms with Crippen LogP contribution in [0.2, 0.25) is 0 Å². The fourth-order valence-electron chi connectivity index (χ4n) is 3.46. The fraction of sp³-hybridized carbons (Fsp3) is 0.682. The van der Waals surface area contributed by atoms with Gasteiger partial charge in [0.05, 0.1) is 21.3 Å². The normalized spacial score (nSPS) is 15.6. The molecule has 0 radical (unpaired) electrons. The molecular weight excluding hydrogens is 368 g/mol. The van der Waals surface area contributed by atoms with Gasteiger partial charge in [0.2, 0.25) is 5.75 Å². The highest BCUT2D eigenvalue weighted by Crippen LogP contribution is 2.38. The predicted molar refractivity (Wildman–Crippen MR) is 118 cm³/mol. The monoisotopic (exact) mass is 406 g/mol. The summed E-state index contributed by atoms with van der Waals surface area (Å²) in [5.41, 5.74) is 1.16. The number of aliphatic imine (C=N–C) groups is 1. The van der Waals surface area contributed by atoms with E-state index in [-0.39, 0.29) is 0 Å². The molecule has 1 aromatic rings. The quantitative estimate of drug-likeness (QED) is 0.503. The molecule has 0 spiro atoms. The van der Waals surface area contributed by atoms with E-state index in [9.17, 15) is 0 Å². The second-order valence-corrected chi connectivity index (χ2v) is 7.71. The summed E-state index contributed by atoms with van der Waals surface area (Å²) < 4.78 is 16.4. The Hall–Kier alpha value is -2.15. The van der Waals surface area contributed by atoms with Crippen molar-refractivity contribution >= 4 is 5.96 Å². The van der Waals surface area contributed by atoms with Gasteiger partial charge >= 0.3 is 0 Å². The Morgan fingerprint density at radius 2 is 1.66 bits per heavy atom. The molecule has 0 atom stereocenters. The van der Waals surface area contributed by atoms with Crippen molar-refractivity contribution in [2.75, 3.05) is 60.6 Å². The van der Waals surface area contributed by atoms with Crippen molar-refractivity contribution < 1.29 is 14.2 Å². The lowest BCUT2D eigenvalue weighted by Gasteiger charge is -2.36. The molecule has 0 aromatic heterocycles. The van der Waals surface area contributed by atoms with E-state index in [1.165, 1.54) is 0 Å². The first-order valence-corrected chi connectivity index (χ1v) is 10.6. The maximum absolute atomic E-state index is 5.48. The van der Waals surface area contributed by atoms with Crippen LogP contribution in [0.5, 0.6) is 17.2 Å². The third-order valence-electron chi connectivity index (χ3n) is 5.11. The third kappa shape index (κ3) is 6.70. The molecule has 0 bridgehead atoms. The zero-order chi connectivity index (χ0) is 21.2. The minimum absolute atomic E-state index is 0.636. The number of rotatable bonds is 9. The Bertz CT molecular complexity index is 630. The summed E-state index contributed by atoms with van der Waals surface area (Å²) in [6.07, 6.45) is 1.12. The van der Waals surface area contributed by atoms with Crippen LogP contribution in [0.4, 0.5) is 0 Å². The zero-order valence-corrected chi connectivity index (χ0v) is 19.0. The summed E-state index contributed by atoms with van der Waals surface area (Å²) in [6, 6.07) is 4.07. The number of methoxy groups -OCH3 is 3. The maximum atomic E-state index is 5.48. The number of nitrogens with zero attached hydrogens (tertiary/aromatic N) is 3. The summed E-state index contributed by atoms with van der Waals surface area (Å²) in [7, 11) is 4.94. The van der Waals surface area contributed by atoms with Gasteiger partial charge in [-0.05, 0) is 37.0 Å². The molecule has 1 aliphatic heterocycles. The summed E-state index contributed by atoms with van der Waals surface area (Å²) in [5, 5.41) is 3.44. The highest BCUT2D eigenvalue weighted by atomic mass is 16.5. The first-order valence-electron chi connectivity index (χ1n) is 10.6. The van der Waals surface area contributed by atoms with Gasteiger partial charge in [0.15, 0.2) is 17.5 Å². The van der Waals surface area contributed by atoms with E-state index in [1.807, 2.05) is 12.1 Å². The van der Waals surface area contributed by atoms with E-state index >= 15 is 0 Å². The molecule has 1 aliphatic rings. The van der Waals surface area contributed by atoms with Crippen molar-refractivity contribution in [3.05, 3.63) is 17.7 Å². The minimum atomic E-state index is 0.636. The molecule has 1 aromatic carbocycles. The van der Waals surface area contributed by atoms with Gasteiger partial charge < -0.3 is 24.4 Å². The van der Waals surface area contributed by atoms with Crippen LogP contribution in [-0.2, 0) is 6.54 Å². The van der Waals surface area contributed by atoms with Gasteiger partial charge in [0.25, 0.3) is 0 Å². The Kier molecular flexibility index (Phi) is 9.38. The van der Waals surface area contributed by atoms with Crippen molar-refractivity contribution in [3.8, 4) is 17.2 Å². The van der Waals surface area contributed by atoms with Gasteiger partial charge in [-0.2, -0.15) is 0 Å². The highest BCUT2D eigenvalue weighted by molar-refractivity contribution is 5.80. The molecule has 29 heavy (non-hydrogen) atoms. The van der Waals surface area contributed by atoms with Gasteiger partial charge in [-0.3, -0.25) is 9.89 Å². The highest BCUT2D eigenvalue weighted by Gasteiger charge is 2.21. The molecule has 0 unspecified atom stereocenters. The largest absolute Gasteiger partial charge is 0.493 e. The Balaban J connectivity index is 1.98. The first kappa shape index (κ1) is 23.1. The molecule has 7 nitrogen and oxygen atoms in total. The third-order valence-corrected chi connectivity index (χ3v) is 5.11. The van der Waals surface area contributed by atoms with Gasteiger partial charge in [0, 0.05) is 45.8 Å². The number of hydrogen-bond donors (Lipinski definition) is 1. The summed E-state index contributed by atoms with van der Waals surface area (Å²) >= 11 is 0. The number of nitrogens with one attached hydrogen (secondary N) is 1. The van der Waals surface area contributed by atoms with E-state index in [1.54, 1.807) is 21.3 Å². The number of piperazine rings is 1. The van der Waals surface area contributed by atoms with Crippen molar-refractivity contribution in [2.24, 2.45) is 10.9 Å². The van der Waals surface area contributed by atoms with Crippen molar-refractivity contribution in [1.29, 1.82) is 0 Å². The van der Waals surface area contributed by atoms with Crippen LogP contribution < -0.4 is 19.5 Å². The molecule has 0 amide bonds. The molecule has 1 N–H and O–H groups in total. The molecule has 1 fully saturated rings. The lowest BCUT2D eigenvalue weighted by atomic mass is 10.1. The van der Waals surface area contributed by atoms with E-state index in [0.717, 1.165) is 63.8 Å². The van der Waals surface area contributed by atoms with Gasteiger partial charge in [-0.15, -0.1) is 0 Å². The lowest BCUT2D eigenvalue weighted by Crippen LogP contribution is -2.52. The number of benzene rings is 1. The Morgan fingerprint density at radius 1 is 1.03 bits per heavy atom. The maximum Gasteiger partial charge on any atom is 0.203 e. The SMILES string of the molecule is CCNC(=NCCC(C)C)N1CCN(Cc2cc(OC)c(OC)c(OC)c2)CC1. The first-order chi connectivity index (χ1) is 14.0. The lowest BCUT2D eigenvalue weighted by molar-refractivity contribution is 0.172. The van der Waals surface area contributed by atoms with Gasteiger partial charge in [0.1, 0.15) is 0 Å².